The molecule has 0 bridgehead atoms. The van der Waals surface area contributed by atoms with Crippen molar-refractivity contribution in [2.75, 3.05) is 5.73 Å². The number of nitrogens with zero attached hydrogens (tertiary/aromatic N) is 3. The summed E-state index contributed by atoms with van der Waals surface area (Å²) in [4.78, 5) is 7.97. The minimum atomic E-state index is -0.702. The molecule has 0 fully saturated rings. The molecule has 1 aromatic carbocycles. The SMILES string of the molecule is Nc1nc2c(F)cc(F)cc2n1CCc1cccnc1. The van der Waals surface area contributed by atoms with Gasteiger partial charge in [0.1, 0.15) is 11.3 Å². The minimum Gasteiger partial charge on any atom is -0.369 e. The number of anilines is 1. The molecule has 0 saturated heterocycles. The molecule has 4 nitrogen and oxygen atoms in total. The van der Waals surface area contributed by atoms with Crippen LogP contribution in [-0.2, 0) is 13.0 Å². The molecular weight excluding hydrogens is 262 g/mol. The first-order valence-electron chi connectivity index (χ1n) is 6.15. The Morgan fingerprint density at radius 1 is 1.25 bits per heavy atom. The fourth-order valence-corrected chi connectivity index (χ4v) is 2.19. The van der Waals surface area contributed by atoms with Crippen LogP contribution in [0.4, 0.5) is 14.7 Å². The lowest BCUT2D eigenvalue weighted by Gasteiger charge is -2.06. The Morgan fingerprint density at radius 2 is 2.10 bits per heavy atom. The molecule has 0 unspecified atom stereocenters. The number of nitrogens with two attached hydrogens (primary N) is 1. The second-order valence-corrected chi connectivity index (χ2v) is 4.49. The van der Waals surface area contributed by atoms with Crippen LogP contribution in [-0.4, -0.2) is 14.5 Å². The monoisotopic (exact) mass is 274 g/mol. The number of imidazole rings is 1. The number of hydrogen-bond donors (Lipinski definition) is 1. The highest BCUT2D eigenvalue weighted by molar-refractivity contribution is 5.79. The van der Waals surface area contributed by atoms with E-state index in [-0.39, 0.29) is 11.5 Å². The molecule has 0 atom stereocenters. The van der Waals surface area contributed by atoms with Crippen molar-refractivity contribution in [1.82, 2.24) is 14.5 Å². The fraction of sp³-hybridized carbons (Fsp3) is 0.143. The quantitative estimate of drug-likeness (QED) is 0.798. The Labute approximate surface area is 113 Å². The van der Waals surface area contributed by atoms with Crippen molar-refractivity contribution >= 4 is 17.0 Å². The molecular formula is C14H12F2N4. The van der Waals surface area contributed by atoms with Gasteiger partial charge in [0.25, 0.3) is 0 Å². The number of nitrogen functional groups attached to an aromatic ring is 1. The van der Waals surface area contributed by atoms with Crippen LogP contribution in [0.25, 0.3) is 11.0 Å². The molecule has 0 saturated carbocycles. The van der Waals surface area contributed by atoms with E-state index in [0.717, 1.165) is 11.6 Å². The number of pyridine rings is 1. The minimum absolute atomic E-state index is 0.0927. The van der Waals surface area contributed by atoms with Crippen molar-refractivity contribution in [1.29, 1.82) is 0 Å². The summed E-state index contributed by atoms with van der Waals surface area (Å²) >= 11 is 0. The number of aryl methyl sites for hydroxylation is 2. The van der Waals surface area contributed by atoms with Gasteiger partial charge in [-0.15, -0.1) is 0 Å². The van der Waals surface area contributed by atoms with Gasteiger partial charge >= 0.3 is 0 Å². The lowest BCUT2D eigenvalue weighted by Crippen LogP contribution is -2.06. The molecule has 3 rings (SSSR count). The normalized spacial score (nSPS) is 11.1. The summed E-state index contributed by atoms with van der Waals surface area (Å²) in [5.74, 6) is -1.17. The maximum atomic E-state index is 13.6. The Balaban J connectivity index is 1.97. The van der Waals surface area contributed by atoms with Gasteiger partial charge in [0.15, 0.2) is 5.82 Å². The first-order chi connectivity index (χ1) is 9.65. The molecule has 3 aromatic rings. The molecule has 0 spiro atoms. The van der Waals surface area contributed by atoms with Crippen molar-refractivity contribution < 1.29 is 8.78 Å². The van der Waals surface area contributed by atoms with Crippen LogP contribution in [0, 0.1) is 11.6 Å². The van der Waals surface area contributed by atoms with Gasteiger partial charge in [0.2, 0.25) is 5.95 Å². The van der Waals surface area contributed by atoms with Crippen molar-refractivity contribution in [2.45, 2.75) is 13.0 Å². The highest BCUT2D eigenvalue weighted by Crippen LogP contribution is 2.22. The van der Waals surface area contributed by atoms with Gasteiger partial charge in [0, 0.05) is 31.1 Å². The predicted octanol–water partition coefficient (Wildman–Crippen LogP) is 2.53. The van der Waals surface area contributed by atoms with Gasteiger partial charge < -0.3 is 10.3 Å². The zero-order chi connectivity index (χ0) is 14.1. The predicted molar refractivity (Wildman–Crippen MR) is 72.0 cm³/mol. The smallest absolute Gasteiger partial charge is 0.201 e. The van der Waals surface area contributed by atoms with Gasteiger partial charge in [0.05, 0.1) is 5.52 Å². The Bertz CT molecular complexity index is 753. The molecule has 2 N–H and O–H groups in total. The molecule has 2 heterocycles. The van der Waals surface area contributed by atoms with Crippen molar-refractivity contribution in [3.8, 4) is 0 Å². The molecule has 0 amide bonds. The van der Waals surface area contributed by atoms with E-state index in [1.54, 1.807) is 17.0 Å². The summed E-state index contributed by atoms with van der Waals surface area (Å²) < 4.78 is 28.5. The van der Waals surface area contributed by atoms with Crippen LogP contribution in [0.2, 0.25) is 0 Å². The van der Waals surface area contributed by atoms with Crippen LogP contribution in [0.15, 0.2) is 36.7 Å². The number of fused-ring (bicyclic) bond motifs is 1. The maximum absolute atomic E-state index is 13.6. The molecule has 20 heavy (non-hydrogen) atoms. The summed E-state index contributed by atoms with van der Waals surface area (Å²) in [5.41, 5.74) is 7.26. The Kier molecular flexibility index (Phi) is 3.06. The van der Waals surface area contributed by atoms with E-state index in [9.17, 15) is 8.78 Å². The number of halogens is 2. The third-order valence-electron chi connectivity index (χ3n) is 3.15. The van der Waals surface area contributed by atoms with Crippen molar-refractivity contribution in [3.63, 3.8) is 0 Å². The van der Waals surface area contributed by atoms with Gasteiger partial charge in [-0.1, -0.05) is 6.07 Å². The highest BCUT2D eigenvalue weighted by Gasteiger charge is 2.13. The highest BCUT2D eigenvalue weighted by atomic mass is 19.1. The van der Waals surface area contributed by atoms with E-state index in [1.165, 1.54) is 6.07 Å². The van der Waals surface area contributed by atoms with E-state index in [1.807, 2.05) is 12.1 Å². The second-order valence-electron chi connectivity index (χ2n) is 4.49. The summed E-state index contributed by atoms with van der Waals surface area (Å²) in [6.45, 7) is 0.483. The number of benzene rings is 1. The van der Waals surface area contributed by atoms with Crippen LogP contribution in [0.1, 0.15) is 5.56 Å². The Hall–Kier alpha value is -2.50. The summed E-state index contributed by atoms with van der Waals surface area (Å²) in [7, 11) is 0. The van der Waals surface area contributed by atoms with Gasteiger partial charge in [-0.3, -0.25) is 4.98 Å². The number of aromatic nitrogens is 3. The summed E-state index contributed by atoms with van der Waals surface area (Å²) in [6, 6.07) is 5.82. The third-order valence-corrected chi connectivity index (χ3v) is 3.15. The number of hydrogen-bond acceptors (Lipinski definition) is 3. The molecule has 0 radical (unpaired) electrons. The second kappa shape index (κ2) is 4.88. The average molecular weight is 274 g/mol. The molecule has 0 aliphatic heterocycles. The van der Waals surface area contributed by atoms with Crippen molar-refractivity contribution in [3.05, 3.63) is 53.9 Å². The third kappa shape index (κ3) is 2.20. The van der Waals surface area contributed by atoms with Crippen LogP contribution < -0.4 is 5.73 Å². The average Bonchev–Trinajstić information content (AvgIpc) is 2.74. The standard InChI is InChI=1S/C14H12F2N4/c15-10-6-11(16)13-12(7-10)20(14(17)19-13)5-3-9-2-1-4-18-8-9/h1-2,4,6-8H,3,5H2,(H2,17,19). The zero-order valence-electron chi connectivity index (χ0n) is 10.6. The van der Waals surface area contributed by atoms with E-state index in [4.69, 9.17) is 5.73 Å². The van der Waals surface area contributed by atoms with Gasteiger partial charge in [-0.2, -0.15) is 0 Å². The fourth-order valence-electron chi connectivity index (χ4n) is 2.19. The maximum Gasteiger partial charge on any atom is 0.201 e. The zero-order valence-corrected chi connectivity index (χ0v) is 10.6. The first kappa shape index (κ1) is 12.5. The van der Waals surface area contributed by atoms with E-state index < -0.39 is 11.6 Å². The topological polar surface area (TPSA) is 56.7 Å². The Morgan fingerprint density at radius 3 is 2.85 bits per heavy atom. The summed E-state index contributed by atoms with van der Waals surface area (Å²) in [6.07, 6.45) is 4.09. The lowest BCUT2D eigenvalue weighted by molar-refractivity contribution is 0.589. The van der Waals surface area contributed by atoms with Crippen molar-refractivity contribution in [2.24, 2.45) is 0 Å². The summed E-state index contributed by atoms with van der Waals surface area (Å²) in [5, 5.41) is 0. The van der Waals surface area contributed by atoms with Gasteiger partial charge in [-0.05, 0) is 18.1 Å². The van der Waals surface area contributed by atoms with E-state index in [2.05, 4.69) is 9.97 Å². The molecule has 0 aliphatic rings. The number of rotatable bonds is 3. The molecule has 102 valence electrons. The molecule has 6 heteroatoms. The van der Waals surface area contributed by atoms with Crippen LogP contribution >= 0.6 is 0 Å². The van der Waals surface area contributed by atoms with Gasteiger partial charge in [-0.25, -0.2) is 13.8 Å². The van der Waals surface area contributed by atoms with Crippen LogP contribution in [0.3, 0.4) is 0 Å². The lowest BCUT2D eigenvalue weighted by atomic mass is 10.2. The van der Waals surface area contributed by atoms with E-state index >= 15 is 0 Å². The largest absolute Gasteiger partial charge is 0.369 e. The first-order valence-corrected chi connectivity index (χ1v) is 6.15. The molecule has 0 aliphatic carbocycles. The van der Waals surface area contributed by atoms with Crippen LogP contribution in [0.5, 0.6) is 0 Å². The molecule has 2 aromatic heterocycles. The van der Waals surface area contributed by atoms with E-state index in [0.29, 0.717) is 18.5 Å².